The summed E-state index contributed by atoms with van der Waals surface area (Å²) in [5, 5.41) is 12.2. The molecule has 0 saturated carbocycles. The van der Waals surface area contributed by atoms with Gasteiger partial charge in [0.05, 0.1) is 26.7 Å². The van der Waals surface area contributed by atoms with Gasteiger partial charge in [-0.15, -0.1) is 5.10 Å². The molecule has 9 nitrogen and oxygen atoms in total. The van der Waals surface area contributed by atoms with Crippen LogP contribution in [0.1, 0.15) is 30.7 Å². The minimum atomic E-state index is -0.417. The van der Waals surface area contributed by atoms with Crippen molar-refractivity contribution in [2.24, 2.45) is 5.92 Å². The molecule has 35 heavy (non-hydrogen) atoms. The van der Waals surface area contributed by atoms with Gasteiger partial charge in [0.15, 0.2) is 11.5 Å². The summed E-state index contributed by atoms with van der Waals surface area (Å²) in [7, 11) is 4.73. The number of aromatic nitrogens is 4. The van der Waals surface area contributed by atoms with Crippen molar-refractivity contribution in [1.82, 2.24) is 24.9 Å². The molecule has 0 radical (unpaired) electrons. The van der Waals surface area contributed by atoms with Gasteiger partial charge in [0.2, 0.25) is 5.95 Å². The molecule has 0 amide bonds. The number of nitrogens with one attached hydrogen (secondary N) is 2. The van der Waals surface area contributed by atoms with Crippen LogP contribution in [0.3, 0.4) is 0 Å². The Morgan fingerprint density at radius 1 is 1.06 bits per heavy atom. The van der Waals surface area contributed by atoms with Crippen LogP contribution in [-0.4, -0.2) is 54.0 Å². The van der Waals surface area contributed by atoms with E-state index in [0.29, 0.717) is 58.0 Å². The first-order chi connectivity index (χ1) is 17.0. The number of piperidine rings is 1. The van der Waals surface area contributed by atoms with Crippen LogP contribution in [0.2, 0.25) is 0 Å². The fraction of sp³-hybridized carbons (Fsp3) is 0.400. The highest BCUT2D eigenvalue weighted by molar-refractivity contribution is 5.96. The van der Waals surface area contributed by atoms with Crippen LogP contribution in [-0.2, 0) is 6.54 Å². The van der Waals surface area contributed by atoms with E-state index >= 15 is 0 Å². The number of methoxy groups -OCH3 is 3. The Balaban J connectivity index is 1.60. The first-order valence-corrected chi connectivity index (χ1v) is 11.6. The van der Waals surface area contributed by atoms with Gasteiger partial charge in [-0.2, -0.15) is 4.52 Å². The molecule has 5 rings (SSSR count). The first kappa shape index (κ1) is 23.1. The van der Waals surface area contributed by atoms with E-state index in [1.165, 1.54) is 19.2 Å². The number of rotatable bonds is 7. The minimum absolute atomic E-state index is 0.165. The van der Waals surface area contributed by atoms with Crippen LogP contribution in [0.25, 0.3) is 16.6 Å². The zero-order chi connectivity index (χ0) is 24.5. The molecule has 4 aromatic rings. The van der Waals surface area contributed by atoms with Crippen molar-refractivity contribution in [2.45, 2.75) is 25.8 Å². The maximum atomic E-state index is 14.4. The second-order valence-corrected chi connectivity index (χ2v) is 8.87. The molecule has 0 spiro atoms. The number of ether oxygens (including phenoxy) is 3. The van der Waals surface area contributed by atoms with Crippen molar-refractivity contribution in [3.8, 4) is 17.2 Å². The smallest absolute Gasteiger partial charge is 0.226 e. The van der Waals surface area contributed by atoms with Gasteiger partial charge in [0, 0.05) is 36.7 Å². The summed E-state index contributed by atoms with van der Waals surface area (Å²) in [6, 6.07) is 8.39. The fourth-order valence-corrected chi connectivity index (χ4v) is 4.63. The van der Waals surface area contributed by atoms with Gasteiger partial charge < -0.3 is 24.8 Å². The molecular formula is C25H29FN6O3. The highest BCUT2D eigenvalue weighted by atomic mass is 19.1. The van der Waals surface area contributed by atoms with Crippen LogP contribution < -0.4 is 24.8 Å². The molecule has 2 unspecified atom stereocenters. The summed E-state index contributed by atoms with van der Waals surface area (Å²) in [6.07, 6.45) is 0.985. The Morgan fingerprint density at radius 2 is 1.89 bits per heavy atom. The van der Waals surface area contributed by atoms with E-state index in [4.69, 9.17) is 29.3 Å². The summed E-state index contributed by atoms with van der Waals surface area (Å²) in [6.45, 7) is 4.41. The molecule has 3 heterocycles. The van der Waals surface area contributed by atoms with E-state index in [0.717, 1.165) is 25.1 Å². The van der Waals surface area contributed by atoms with Crippen LogP contribution in [0, 0.1) is 11.7 Å². The molecule has 2 atom stereocenters. The minimum Gasteiger partial charge on any atom is -0.497 e. The molecule has 2 N–H and O–H groups in total. The maximum absolute atomic E-state index is 14.4. The third-order valence-corrected chi connectivity index (χ3v) is 6.41. The molecular weight excluding hydrogens is 451 g/mol. The van der Waals surface area contributed by atoms with Crippen LogP contribution in [0.4, 0.5) is 10.3 Å². The average Bonchev–Trinajstić information content (AvgIpc) is 3.33. The molecule has 2 aromatic carbocycles. The second kappa shape index (κ2) is 9.53. The number of nitrogens with zero attached hydrogens (tertiary/aromatic N) is 4. The van der Waals surface area contributed by atoms with Crippen molar-refractivity contribution in [3.05, 3.63) is 47.5 Å². The molecule has 0 aliphatic carbocycles. The molecule has 1 aliphatic heterocycles. The summed E-state index contributed by atoms with van der Waals surface area (Å²) in [5.74, 6) is 3.20. The highest BCUT2D eigenvalue weighted by Gasteiger charge is 2.26. The van der Waals surface area contributed by atoms with Gasteiger partial charge in [0.1, 0.15) is 28.6 Å². The number of hydrogen-bond donors (Lipinski definition) is 2. The lowest BCUT2D eigenvalue weighted by Gasteiger charge is -2.25. The van der Waals surface area contributed by atoms with Gasteiger partial charge in [-0.25, -0.2) is 14.4 Å². The van der Waals surface area contributed by atoms with Gasteiger partial charge in [0.25, 0.3) is 0 Å². The van der Waals surface area contributed by atoms with Gasteiger partial charge in [-0.05, 0) is 37.1 Å². The fourth-order valence-electron chi connectivity index (χ4n) is 4.63. The van der Waals surface area contributed by atoms with Gasteiger partial charge in [-0.3, -0.25) is 0 Å². The topological polar surface area (TPSA) is 94.8 Å². The van der Waals surface area contributed by atoms with E-state index in [-0.39, 0.29) is 5.92 Å². The van der Waals surface area contributed by atoms with Crippen molar-refractivity contribution in [2.75, 3.05) is 39.7 Å². The van der Waals surface area contributed by atoms with Crippen LogP contribution >= 0.6 is 0 Å². The van der Waals surface area contributed by atoms with E-state index < -0.39 is 5.82 Å². The lowest BCUT2D eigenvalue weighted by atomic mass is 9.91. The lowest BCUT2D eigenvalue weighted by Crippen LogP contribution is -2.34. The van der Waals surface area contributed by atoms with E-state index in [1.807, 2.05) is 18.2 Å². The first-order valence-electron chi connectivity index (χ1n) is 11.6. The van der Waals surface area contributed by atoms with Crippen LogP contribution in [0.5, 0.6) is 17.2 Å². The van der Waals surface area contributed by atoms with Gasteiger partial charge in [-0.1, -0.05) is 6.92 Å². The van der Waals surface area contributed by atoms with Crippen molar-refractivity contribution in [1.29, 1.82) is 0 Å². The second-order valence-electron chi connectivity index (χ2n) is 8.87. The number of anilines is 1. The standard InChI is InChI=1S/C25H29FN6O3/c1-14-7-16(12-27-11-14)23-30-24-19-8-17(26)9-21(35-4)22(19)29-25(32(24)31-23)28-13-15-5-6-18(33-2)10-20(15)34-3/h5-6,8-10,14,16,27H,7,11-13H2,1-4H3,(H,28,29). The van der Waals surface area contributed by atoms with E-state index in [1.54, 1.807) is 18.7 Å². The summed E-state index contributed by atoms with van der Waals surface area (Å²) >= 11 is 0. The SMILES string of the molecule is COc1ccc(CNc2nc3c(OC)cc(F)cc3c3nc(C4CNCC(C)C4)nn23)c(OC)c1. The summed E-state index contributed by atoms with van der Waals surface area (Å²) in [5.41, 5.74) is 1.96. The molecule has 10 heteroatoms. The molecule has 1 aliphatic rings. The Labute approximate surface area is 202 Å². The van der Waals surface area contributed by atoms with Gasteiger partial charge >= 0.3 is 0 Å². The summed E-state index contributed by atoms with van der Waals surface area (Å²) in [4.78, 5) is 9.63. The monoisotopic (exact) mass is 480 g/mol. The number of fused-ring (bicyclic) bond motifs is 3. The lowest BCUT2D eigenvalue weighted by molar-refractivity contribution is 0.355. The molecule has 2 aromatic heterocycles. The normalized spacial score (nSPS) is 18.1. The Hall–Kier alpha value is -3.66. The van der Waals surface area contributed by atoms with Crippen molar-refractivity contribution >= 4 is 22.5 Å². The maximum Gasteiger partial charge on any atom is 0.226 e. The zero-order valence-corrected chi connectivity index (χ0v) is 20.3. The Bertz CT molecular complexity index is 1370. The third kappa shape index (κ3) is 4.41. The zero-order valence-electron chi connectivity index (χ0n) is 20.3. The third-order valence-electron chi connectivity index (χ3n) is 6.41. The van der Waals surface area contributed by atoms with E-state index in [9.17, 15) is 4.39 Å². The van der Waals surface area contributed by atoms with Crippen molar-refractivity contribution < 1.29 is 18.6 Å². The summed E-state index contributed by atoms with van der Waals surface area (Å²) < 4.78 is 32.4. The molecule has 0 bridgehead atoms. The molecule has 184 valence electrons. The molecule has 1 fully saturated rings. The Kier molecular flexibility index (Phi) is 6.29. The quantitative estimate of drug-likeness (QED) is 0.413. The largest absolute Gasteiger partial charge is 0.497 e. The predicted molar refractivity (Wildman–Crippen MR) is 131 cm³/mol. The highest BCUT2D eigenvalue weighted by Crippen LogP contribution is 2.32. The van der Waals surface area contributed by atoms with E-state index in [2.05, 4.69) is 17.6 Å². The number of benzene rings is 2. The number of hydrogen-bond acceptors (Lipinski definition) is 8. The van der Waals surface area contributed by atoms with Crippen LogP contribution in [0.15, 0.2) is 30.3 Å². The predicted octanol–water partition coefficient (Wildman–Crippen LogP) is 3.77. The average molecular weight is 481 g/mol. The number of halogens is 1. The molecule has 1 saturated heterocycles. The van der Waals surface area contributed by atoms with Crippen molar-refractivity contribution in [3.63, 3.8) is 0 Å². The Morgan fingerprint density at radius 3 is 2.63 bits per heavy atom.